The van der Waals surface area contributed by atoms with E-state index in [2.05, 4.69) is 30.3 Å². The number of methoxy groups -OCH3 is 1. The number of aromatic nitrogens is 5. The van der Waals surface area contributed by atoms with Crippen LogP contribution >= 0.6 is 0 Å². The van der Waals surface area contributed by atoms with Crippen molar-refractivity contribution in [1.82, 2.24) is 30.1 Å². The van der Waals surface area contributed by atoms with Crippen LogP contribution < -0.4 is 4.90 Å². The predicted molar refractivity (Wildman–Crippen MR) is 106 cm³/mol. The van der Waals surface area contributed by atoms with E-state index in [0.717, 1.165) is 43.3 Å². The first kappa shape index (κ1) is 19.4. The van der Waals surface area contributed by atoms with Crippen molar-refractivity contribution in [3.05, 3.63) is 66.0 Å². The van der Waals surface area contributed by atoms with Crippen LogP contribution in [0.2, 0.25) is 0 Å². The Morgan fingerprint density at radius 2 is 1.76 bits per heavy atom. The van der Waals surface area contributed by atoms with Gasteiger partial charge >= 0.3 is 0 Å². The zero-order valence-corrected chi connectivity index (χ0v) is 16.4. The molecule has 9 heteroatoms. The number of halogens is 1. The molecule has 0 radical (unpaired) electrons. The number of pyridine rings is 1. The molecular formula is C20H24FN7O. The fraction of sp³-hybridized carbons (Fsp3) is 0.400. The fourth-order valence-electron chi connectivity index (χ4n) is 3.70. The topological polar surface area (TPSA) is 72.2 Å². The highest BCUT2D eigenvalue weighted by atomic mass is 19.1. The van der Waals surface area contributed by atoms with Crippen molar-refractivity contribution in [2.75, 3.05) is 44.8 Å². The Hall–Kier alpha value is -2.91. The third-order valence-electron chi connectivity index (χ3n) is 5.20. The van der Waals surface area contributed by atoms with Crippen LogP contribution in [-0.2, 0) is 11.3 Å². The summed E-state index contributed by atoms with van der Waals surface area (Å²) in [5.74, 6) is 0.580. The molecule has 0 amide bonds. The first-order valence-corrected chi connectivity index (χ1v) is 9.66. The Morgan fingerprint density at radius 1 is 1.03 bits per heavy atom. The van der Waals surface area contributed by atoms with Crippen LogP contribution in [0.1, 0.15) is 17.4 Å². The van der Waals surface area contributed by atoms with E-state index < -0.39 is 0 Å². The Morgan fingerprint density at radius 3 is 2.45 bits per heavy atom. The SMILES string of the molecule is COCCn1nnnc1[C@H](c1ccncc1)N1CCN(c2ccc(F)cc2)CC1. The van der Waals surface area contributed by atoms with E-state index >= 15 is 0 Å². The summed E-state index contributed by atoms with van der Waals surface area (Å²) in [7, 11) is 1.67. The summed E-state index contributed by atoms with van der Waals surface area (Å²) in [5.41, 5.74) is 2.14. The predicted octanol–water partition coefficient (Wildman–Crippen LogP) is 1.77. The highest BCUT2D eigenvalue weighted by molar-refractivity contribution is 5.46. The first-order valence-electron chi connectivity index (χ1n) is 9.66. The molecule has 0 saturated carbocycles. The highest BCUT2D eigenvalue weighted by Gasteiger charge is 2.30. The second-order valence-corrected chi connectivity index (χ2v) is 6.94. The number of hydrogen-bond donors (Lipinski definition) is 0. The molecule has 0 bridgehead atoms. The molecule has 0 N–H and O–H groups in total. The molecule has 8 nitrogen and oxygen atoms in total. The molecule has 29 heavy (non-hydrogen) atoms. The Balaban J connectivity index is 1.55. The quantitative estimate of drug-likeness (QED) is 0.602. The third kappa shape index (κ3) is 4.41. The van der Waals surface area contributed by atoms with E-state index in [4.69, 9.17) is 4.74 Å². The minimum Gasteiger partial charge on any atom is -0.383 e. The lowest BCUT2D eigenvalue weighted by atomic mass is 10.0. The number of anilines is 1. The van der Waals surface area contributed by atoms with Gasteiger partial charge in [0.1, 0.15) is 5.82 Å². The lowest BCUT2D eigenvalue weighted by molar-refractivity contribution is 0.171. The van der Waals surface area contributed by atoms with Gasteiger partial charge in [0.15, 0.2) is 5.82 Å². The van der Waals surface area contributed by atoms with Crippen LogP contribution in [0.3, 0.4) is 0 Å². The van der Waals surface area contributed by atoms with Gasteiger partial charge in [-0.1, -0.05) is 0 Å². The van der Waals surface area contributed by atoms with Crippen LogP contribution in [-0.4, -0.2) is 70.0 Å². The fourth-order valence-corrected chi connectivity index (χ4v) is 3.70. The summed E-state index contributed by atoms with van der Waals surface area (Å²) in [6.45, 7) is 4.48. The van der Waals surface area contributed by atoms with Crippen molar-refractivity contribution in [3.63, 3.8) is 0 Å². The molecule has 3 aromatic rings. The number of benzene rings is 1. The summed E-state index contributed by atoms with van der Waals surface area (Å²) >= 11 is 0. The molecule has 1 saturated heterocycles. The van der Waals surface area contributed by atoms with E-state index in [9.17, 15) is 4.39 Å². The zero-order chi connectivity index (χ0) is 20.1. The number of nitrogens with zero attached hydrogens (tertiary/aromatic N) is 7. The van der Waals surface area contributed by atoms with E-state index in [1.807, 2.05) is 24.3 Å². The maximum Gasteiger partial charge on any atom is 0.173 e. The van der Waals surface area contributed by atoms with Gasteiger partial charge in [-0.3, -0.25) is 9.88 Å². The molecule has 1 fully saturated rings. The molecule has 0 spiro atoms. The Bertz CT molecular complexity index is 895. The number of piperazine rings is 1. The van der Waals surface area contributed by atoms with Crippen molar-refractivity contribution in [3.8, 4) is 0 Å². The average Bonchev–Trinajstić information content (AvgIpc) is 3.22. The number of tetrazole rings is 1. The smallest absolute Gasteiger partial charge is 0.173 e. The minimum absolute atomic E-state index is 0.0692. The molecule has 1 aliphatic heterocycles. The Labute approximate surface area is 168 Å². The average molecular weight is 397 g/mol. The second-order valence-electron chi connectivity index (χ2n) is 6.94. The van der Waals surface area contributed by atoms with Crippen LogP contribution in [0.4, 0.5) is 10.1 Å². The second kappa shape index (κ2) is 9.06. The standard InChI is InChI=1S/C20H24FN7O/c1-29-15-14-28-20(23-24-25-28)19(16-6-8-22-9-7-16)27-12-10-26(11-13-27)18-4-2-17(21)3-5-18/h2-9,19H,10-15H2,1H3/t19-/m0/s1. The van der Waals surface area contributed by atoms with Crippen molar-refractivity contribution in [2.45, 2.75) is 12.6 Å². The molecule has 3 heterocycles. The third-order valence-corrected chi connectivity index (χ3v) is 5.20. The van der Waals surface area contributed by atoms with Crippen LogP contribution in [0.15, 0.2) is 48.8 Å². The van der Waals surface area contributed by atoms with Crippen molar-refractivity contribution in [1.29, 1.82) is 0 Å². The minimum atomic E-state index is -0.215. The normalized spacial score (nSPS) is 16.1. The number of rotatable bonds is 7. The number of hydrogen-bond acceptors (Lipinski definition) is 7. The lowest BCUT2D eigenvalue weighted by Gasteiger charge is -2.39. The van der Waals surface area contributed by atoms with Gasteiger partial charge in [0.05, 0.1) is 19.2 Å². The zero-order valence-electron chi connectivity index (χ0n) is 16.4. The summed E-state index contributed by atoms with van der Waals surface area (Å²) in [6.07, 6.45) is 3.58. The van der Waals surface area contributed by atoms with Gasteiger partial charge in [-0.15, -0.1) is 5.10 Å². The summed E-state index contributed by atoms with van der Waals surface area (Å²) in [5, 5.41) is 12.4. The molecule has 152 valence electrons. The largest absolute Gasteiger partial charge is 0.383 e. The first-order chi connectivity index (χ1) is 14.3. The molecule has 4 rings (SSSR count). The maximum absolute atomic E-state index is 13.2. The summed E-state index contributed by atoms with van der Waals surface area (Å²) in [6, 6.07) is 10.6. The molecule has 0 aliphatic carbocycles. The van der Waals surface area contributed by atoms with Gasteiger partial charge in [-0.25, -0.2) is 9.07 Å². The maximum atomic E-state index is 13.2. The monoisotopic (exact) mass is 397 g/mol. The van der Waals surface area contributed by atoms with Gasteiger partial charge in [0, 0.05) is 51.4 Å². The molecule has 1 aromatic carbocycles. The van der Waals surface area contributed by atoms with Gasteiger partial charge in [0.2, 0.25) is 0 Å². The van der Waals surface area contributed by atoms with Crippen molar-refractivity contribution in [2.24, 2.45) is 0 Å². The van der Waals surface area contributed by atoms with E-state index in [1.165, 1.54) is 12.1 Å². The van der Waals surface area contributed by atoms with Gasteiger partial charge in [0.25, 0.3) is 0 Å². The van der Waals surface area contributed by atoms with E-state index in [1.54, 1.807) is 24.2 Å². The van der Waals surface area contributed by atoms with Gasteiger partial charge < -0.3 is 9.64 Å². The van der Waals surface area contributed by atoms with Gasteiger partial charge in [-0.05, 0) is 52.4 Å². The summed E-state index contributed by atoms with van der Waals surface area (Å²) in [4.78, 5) is 8.80. The molecule has 1 atom stereocenters. The van der Waals surface area contributed by atoms with E-state index in [0.29, 0.717) is 13.2 Å². The highest BCUT2D eigenvalue weighted by Crippen LogP contribution is 2.28. The number of ether oxygens (including phenoxy) is 1. The van der Waals surface area contributed by atoms with Crippen LogP contribution in [0, 0.1) is 5.82 Å². The molecule has 1 aliphatic rings. The van der Waals surface area contributed by atoms with Crippen molar-refractivity contribution >= 4 is 5.69 Å². The van der Waals surface area contributed by atoms with Crippen molar-refractivity contribution < 1.29 is 9.13 Å². The van der Waals surface area contributed by atoms with Gasteiger partial charge in [-0.2, -0.15) is 0 Å². The van der Waals surface area contributed by atoms with E-state index in [-0.39, 0.29) is 11.9 Å². The van der Waals surface area contributed by atoms with Crippen LogP contribution in [0.25, 0.3) is 0 Å². The Kier molecular flexibility index (Phi) is 6.06. The summed E-state index contributed by atoms with van der Waals surface area (Å²) < 4.78 is 20.2. The molecular weight excluding hydrogens is 373 g/mol. The molecule has 0 unspecified atom stereocenters. The molecule has 2 aromatic heterocycles. The lowest BCUT2D eigenvalue weighted by Crippen LogP contribution is -2.48. The van der Waals surface area contributed by atoms with Crippen LogP contribution in [0.5, 0.6) is 0 Å².